The molecule has 0 bridgehead atoms. The highest BCUT2D eigenvalue weighted by atomic mass is 16.4. The van der Waals surface area contributed by atoms with Gasteiger partial charge in [-0.2, -0.15) is 0 Å². The van der Waals surface area contributed by atoms with Crippen molar-refractivity contribution in [3.05, 3.63) is 34.9 Å². The summed E-state index contributed by atoms with van der Waals surface area (Å²) >= 11 is 0. The zero-order valence-electron chi connectivity index (χ0n) is 44.1. The summed E-state index contributed by atoms with van der Waals surface area (Å²) in [7, 11) is 0. The molecule has 0 aromatic heterocycles. The number of allylic oxidation sites excluding steroid dienone is 6. The van der Waals surface area contributed by atoms with E-state index < -0.39 is 34.2 Å². The highest BCUT2D eigenvalue weighted by Gasteiger charge is 2.61. The van der Waals surface area contributed by atoms with E-state index in [1.165, 1.54) is 82.6 Å². The average Bonchev–Trinajstić information content (AvgIpc) is 3.26. The zero-order chi connectivity index (χ0) is 48.4. The van der Waals surface area contributed by atoms with Crippen molar-refractivity contribution in [3.8, 4) is 0 Å². The maximum Gasteiger partial charge on any atom is 0.309 e. The van der Waals surface area contributed by atoms with Crippen molar-refractivity contribution in [3.63, 3.8) is 0 Å². The van der Waals surface area contributed by atoms with Crippen LogP contribution < -0.4 is 0 Å². The maximum absolute atomic E-state index is 12.0. The molecule has 0 radical (unpaired) electrons. The molecule has 6 nitrogen and oxygen atoms in total. The van der Waals surface area contributed by atoms with Crippen molar-refractivity contribution in [1.29, 1.82) is 0 Å². The zero-order valence-corrected chi connectivity index (χ0v) is 44.1. The molecule has 0 aliphatic heterocycles. The quantitative estimate of drug-likeness (QED) is 0.229. The molecular weight excluding hydrogens is 817 g/mol. The second-order valence-corrected chi connectivity index (χ2v) is 26.9. The first-order valence-electron chi connectivity index (χ1n) is 27.7. The van der Waals surface area contributed by atoms with E-state index in [1.807, 2.05) is 20.8 Å². The number of aliphatic carboxylic acids is 3. The largest absolute Gasteiger partial charge is 0.481 e. The molecular formula is C60H100O6. The van der Waals surface area contributed by atoms with Gasteiger partial charge in [0.25, 0.3) is 0 Å². The Hall–Kier alpha value is -2.37. The number of hydrogen-bond donors (Lipinski definition) is 3. The van der Waals surface area contributed by atoms with Crippen molar-refractivity contribution in [2.45, 2.75) is 218 Å². The van der Waals surface area contributed by atoms with Gasteiger partial charge in [-0.15, -0.1) is 0 Å². The van der Waals surface area contributed by atoms with Gasteiger partial charge < -0.3 is 15.3 Å². The molecule has 0 saturated heterocycles. The van der Waals surface area contributed by atoms with E-state index in [1.54, 1.807) is 11.1 Å². The summed E-state index contributed by atoms with van der Waals surface area (Å²) in [4.78, 5) is 35.9. The van der Waals surface area contributed by atoms with E-state index >= 15 is 0 Å². The van der Waals surface area contributed by atoms with Crippen LogP contribution in [-0.2, 0) is 14.4 Å². The number of hydrogen-bond acceptors (Lipinski definition) is 3. The Morgan fingerprint density at radius 3 is 1.59 bits per heavy atom. The number of rotatable bonds is 6. The van der Waals surface area contributed by atoms with Crippen molar-refractivity contribution >= 4 is 17.9 Å². The van der Waals surface area contributed by atoms with Crippen LogP contribution in [0.3, 0.4) is 0 Å². The lowest BCUT2D eigenvalue weighted by Gasteiger charge is -2.60. The van der Waals surface area contributed by atoms with Gasteiger partial charge in [-0.05, 0) is 229 Å². The topological polar surface area (TPSA) is 112 Å². The third kappa shape index (κ3) is 8.89. The van der Waals surface area contributed by atoms with Crippen LogP contribution in [-0.4, -0.2) is 33.2 Å². The number of carboxylic acid groups (broad SMARTS) is 3. The first-order chi connectivity index (χ1) is 30.9. The lowest BCUT2D eigenvalue weighted by atomic mass is 9.43. The lowest BCUT2D eigenvalue weighted by molar-refractivity contribution is -0.173. The van der Waals surface area contributed by atoms with Gasteiger partial charge in [-0.3, -0.25) is 14.4 Å². The highest BCUT2D eigenvalue weighted by Crippen LogP contribution is 2.66. The molecule has 0 aromatic carbocycles. The molecule has 0 aromatic rings. The van der Waals surface area contributed by atoms with Crippen LogP contribution >= 0.6 is 0 Å². The molecule has 9 aliphatic carbocycles. The smallest absolute Gasteiger partial charge is 0.309 e. The molecule has 6 fully saturated rings. The third-order valence-electron chi connectivity index (χ3n) is 22.7. The van der Waals surface area contributed by atoms with Gasteiger partial charge >= 0.3 is 17.9 Å². The summed E-state index contributed by atoms with van der Waals surface area (Å²) in [6, 6.07) is 0. The number of fused-ring (bicyclic) bond motifs is 9. The molecule has 0 spiro atoms. The fourth-order valence-corrected chi connectivity index (χ4v) is 18.6. The fraction of sp³-hybridized carbons (Fsp3) is 0.850. The normalized spacial score (nSPS) is 45.0. The SMILES string of the molecule is CC(C)C1=CC2=CCC3C(C)(C(=O)O)CCCC3(C)C2CC1.CC(C)C1=CC2CCC3C(C)(C(=O)O)CCCC3(C)C2CC1.CC(C)C1CCC2C(CCC3C(C)(C(=O)O)CCCC23C)C1.[HH].[HH]. The molecule has 0 amide bonds. The van der Waals surface area contributed by atoms with E-state index in [2.05, 4.69) is 80.5 Å². The minimum absolute atomic E-state index is 0. The van der Waals surface area contributed by atoms with E-state index in [4.69, 9.17) is 0 Å². The molecule has 15 atom stereocenters. The molecule has 3 N–H and O–H groups in total. The summed E-state index contributed by atoms with van der Waals surface area (Å²) in [5, 5.41) is 29.5. The van der Waals surface area contributed by atoms with Crippen LogP contribution in [0.2, 0.25) is 0 Å². The molecule has 66 heavy (non-hydrogen) atoms. The molecule has 376 valence electrons. The van der Waals surface area contributed by atoms with E-state index in [0.717, 1.165) is 81.5 Å². The molecule has 6 saturated carbocycles. The summed E-state index contributed by atoms with van der Waals surface area (Å²) in [5.41, 5.74) is 3.85. The summed E-state index contributed by atoms with van der Waals surface area (Å²) in [6.45, 7) is 27.2. The van der Waals surface area contributed by atoms with Gasteiger partial charge in [0.1, 0.15) is 0 Å². The van der Waals surface area contributed by atoms with Crippen LogP contribution in [0.1, 0.15) is 221 Å². The Kier molecular flexibility index (Phi) is 14.9. The Labute approximate surface area is 405 Å². The second-order valence-electron chi connectivity index (χ2n) is 26.9. The van der Waals surface area contributed by atoms with Crippen molar-refractivity contribution in [2.24, 2.45) is 104 Å². The summed E-state index contributed by atoms with van der Waals surface area (Å²) < 4.78 is 0. The molecule has 9 aliphatic rings. The predicted octanol–water partition coefficient (Wildman–Crippen LogP) is 16.4. The number of carbonyl (C=O) groups is 3. The summed E-state index contributed by atoms with van der Waals surface area (Å²) in [5.74, 6) is 5.95. The van der Waals surface area contributed by atoms with Gasteiger partial charge in [0.15, 0.2) is 0 Å². The van der Waals surface area contributed by atoms with Crippen LogP contribution in [0, 0.1) is 104 Å². The molecule has 15 unspecified atom stereocenters. The number of carboxylic acids is 3. The van der Waals surface area contributed by atoms with Gasteiger partial charge in [-0.1, -0.05) is 111 Å². The lowest BCUT2D eigenvalue weighted by Crippen LogP contribution is -2.56. The van der Waals surface area contributed by atoms with Crippen molar-refractivity contribution in [1.82, 2.24) is 0 Å². The van der Waals surface area contributed by atoms with Crippen molar-refractivity contribution in [2.75, 3.05) is 0 Å². The second kappa shape index (κ2) is 19.1. The Bertz CT molecular complexity index is 1920. The maximum atomic E-state index is 12.0. The van der Waals surface area contributed by atoms with Gasteiger partial charge in [-0.25, -0.2) is 0 Å². The fourth-order valence-electron chi connectivity index (χ4n) is 18.6. The monoisotopic (exact) mass is 917 g/mol. The van der Waals surface area contributed by atoms with Crippen LogP contribution in [0.4, 0.5) is 0 Å². The Balaban J connectivity index is 0.000000188. The van der Waals surface area contributed by atoms with Crippen LogP contribution in [0.15, 0.2) is 34.9 Å². The first kappa shape index (κ1) is 51.5. The van der Waals surface area contributed by atoms with E-state index in [-0.39, 0.29) is 25.0 Å². The predicted molar refractivity (Wildman–Crippen MR) is 273 cm³/mol. The Morgan fingerprint density at radius 1 is 0.561 bits per heavy atom. The third-order valence-corrected chi connectivity index (χ3v) is 22.7. The van der Waals surface area contributed by atoms with Crippen LogP contribution in [0.25, 0.3) is 0 Å². The average molecular weight is 917 g/mol. The van der Waals surface area contributed by atoms with Gasteiger partial charge in [0, 0.05) is 2.85 Å². The molecule has 0 heterocycles. The van der Waals surface area contributed by atoms with Crippen LogP contribution in [0.5, 0.6) is 0 Å². The summed E-state index contributed by atoms with van der Waals surface area (Å²) in [6.07, 6.45) is 31.5. The molecule has 9 rings (SSSR count). The Morgan fingerprint density at radius 2 is 1.06 bits per heavy atom. The van der Waals surface area contributed by atoms with Crippen molar-refractivity contribution < 1.29 is 32.6 Å². The minimum Gasteiger partial charge on any atom is -0.481 e. The van der Waals surface area contributed by atoms with Gasteiger partial charge in [0.05, 0.1) is 16.2 Å². The van der Waals surface area contributed by atoms with E-state index in [0.29, 0.717) is 41.4 Å². The standard InChI is InChI=1S/C20H34O2.C20H32O2.C20H30O2.2H2/c3*1-13(2)14-6-8-16-15(12-14)7-9-17-19(16,3)10-5-11-20(17,4)18(21)22;;/h13-17H,5-12H2,1-4H3,(H,21,22);12-13,15-17H,5-11H2,1-4H3,(H,21,22);7,12-13,16-17H,5-6,8-11H2,1-4H3,(H,21,22);2*1H. The van der Waals surface area contributed by atoms with E-state index in [9.17, 15) is 29.7 Å². The first-order valence-corrected chi connectivity index (χ1v) is 27.7. The highest BCUT2D eigenvalue weighted by molar-refractivity contribution is 5.76. The van der Waals surface area contributed by atoms with Gasteiger partial charge in [0.2, 0.25) is 0 Å². The molecule has 6 heteroatoms. The minimum atomic E-state index is -0.588.